The van der Waals surface area contributed by atoms with Crippen LogP contribution in [-0.4, -0.2) is 28.3 Å². The monoisotopic (exact) mass is 223 g/mol. The normalized spacial score (nSPS) is 20.9. The van der Waals surface area contributed by atoms with Gasteiger partial charge >= 0.3 is 0 Å². The van der Waals surface area contributed by atoms with Crippen LogP contribution in [0.3, 0.4) is 0 Å². The van der Waals surface area contributed by atoms with Gasteiger partial charge in [0.25, 0.3) is 5.89 Å². The first kappa shape index (κ1) is 8.99. The summed E-state index contributed by atoms with van der Waals surface area (Å²) in [5.41, 5.74) is 2.50. The predicted molar refractivity (Wildman–Crippen MR) is 53.6 cm³/mol. The molecule has 0 amide bonds. The fourth-order valence-corrected chi connectivity index (χ4v) is 2.09. The summed E-state index contributed by atoms with van der Waals surface area (Å²) in [6.45, 7) is 1.47. The van der Waals surface area contributed by atoms with Crippen LogP contribution >= 0.6 is 11.3 Å². The van der Waals surface area contributed by atoms with Gasteiger partial charge in [-0.15, -0.1) is 11.3 Å². The van der Waals surface area contributed by atoms with Crippen molar-refractivity contribution in [2.75, 3.05) is 13.2 Å². The minimum absolute atomic E-state index is 0.279. The van der Waals surface area contributed by atoms with Crippen LogP contribution in [0.1, 0.15) is 18.2 Å². The van der Waals surface area contributed by atoms with Crippen molar-refractivity contribution in [3.8, 4) is 11.6 Å². The first-order valence-corrected chi connectivity index (χ1v) is 5.67. The van der Waals surface area contributed by atoms with Gasteiger partial charge in [0.2, 0.25) is 0 Å². The molecule has 3 heterocycles. The Kier molecular flexibility index (Phi) is 2.22. The number of hydrogen-bond donors (Lipinski definition) is 0. The van der Waals surface area contributed by atoms with Gasteiger partial charge < -0.3 is 9.26 Å². The highest BCUT2D eigenvalue weighted by atomic mass is 32.1. The number of rotatable bonds is 2. The van der Waals surface area contributed by atoms with Gasteiger partial charge in [-0.2, -0.15) is 4.98 Å². The first-order chi connectivity index (χ1) is 7.43. The Morgan fingerprint density at radius 3 is 3.20 bits per heavy atom. The van der Waals surface area contributed by atoms with Crippen LogP contribution in [0.2, 0.25) is 0 Å². The van der Waals surface area contributed by atoms with Crippen LogP contribution in [0.4, 0.5) is 0 Å². The second-order valence-electron chi connectivity index (χ2n) is 3.39. The Balaban J connectivity index is 1.87. The highest BCUT2D eigenvalue weighted by molar-refractivity contribution is 7.07. The molecule has 2 aromatic rings. The van der Waals surface area contributed by atoms with E-state index in [4.69, 9.17) is 9.26 Å². The molecule has 0 bridgehead atoms. The molecule has 0 radical (unpaired) electrons. The van der Waals surface area contributed by atoms with Gasteiger partial charge in [-0.3, -0.25) is 0 Å². The zero-order valence-corrected chi connectivity index (χ0v) is 8.74. The van der Waals surface area contributed by atoms with E-state index in [-0.39, 0.29) is 5.92 Å². The number of nitrogens with zero attached hydrogens (tertiary/aromatic N) is 3. The summed E-state index contributed by atoms with van der Waals surface area (Å²) in [6, 6.07) is 0. The van der Waals surface area contributed by atoms with Gasteiger partial charge in [0, 0.05) is 17.9 Å². The summed E-state index contributed by atoms with van der Waals surface area (Å²) in [4.78, 5) is 8.44. The predicted octanol–water partition coefficient (Wildman–Crippen LogP) is 1.70. The second-order valence-corrected chi connectivity index (χ2v) is 4.11. The van der Waals surface area contributed by atoms with Crippen molar-refractivity contribution in [2.24, 2.45) is 0 Å². The van der Waals surface area contributed by atoms with Crippen molar-refractivity contribution < 1.29 is 9.26 Å². The lowest BCUT2D eigenvalue weighted by Crippen LogP contribution is -1.99. The molecule has 3 rings (SSSR count). The number of thiazole rings is 1. The van der Waals surface area contributed by atoms with Gasteiger partial charge in [0.15, 0.2) is 5.82 Å². The first-order valence-electron chi connectivity index (χ1n) is 4.73. The Morgan fingerprint density at radius 1 is 1.47 bits per heavy atom. The molecule has 1 aliphatic rings. The lowest BCUT2D eigenvalue weighted by Gasteiger charge is -1.97. The summed E-state index contributed by atoms with van der Waals surface area (Å²) in [7, 11) is 0. The number of aromatic nitrogens is 3. The third-order valence-corrected chi connectivity index (χ3v) is 2.97. The largest absolute Gasteiger partial charge is 0.381 e. The van der Waals surface area contributed by atoms with Crippen molar-refractivity contribution in [3.05, 3.63) is 16.7 Å². The average Bonchev–Trinajstić information content (AvgIpc) is 3.02. The SMILES string of the molecule is c1nc(-c2nc([C@@H]3CCOC3)no2)cs1. The molecule has 2 aromatic heterocycles. The molecule has 0 unspecified atom stereocenters. The minimum atomic E-state index is 0.279. The van der Waals surface area contributed by atoms with Crippen molar-refractivity contribution in [2.45, 2.75) is 12.3 Å². The highest BCUT2D eigenvalue weighted by Crippen LogP contribution is 2.25. The van der Waals surface area contributed by atoms with E-state index in [2.05, 4.69) is 15.1 Å². The number of hydrogen-bond acceptors (Lipinski definition) is 6. The van der Waals surface area contributed by atoms with Gasteiger partial charge in [-0.1, -0.05) is 5.16 Å². The molecule has 0 N–H and O–H groups in total. The fourth-order valence-electron chi connectivity index (χ4n) is 1.56. The molecule has 1 aliphatic heterocycles. The summed E-state index contributed by atoms with van der Waals surface area (Å²) in [5.74, 6) is 1.51. The molecule has 0 aromatic carbocycles. The van der Waals surface area contributed by atoms with Crippen molar-refractivity contribution in [3.63, 3.8) is 0 Å². The quantitative estimate of drug-likeness (QED) is 0.775. The zero-order chi connectivity index (χ0) is 10.1. The molecular formula is C9H9N3O2S. The zero-order valence-electron chi connectivity index (χ0n) is 7.92. The molecule has 0 saturated carbocycles. The third-order valence-electron chi connectivity index (χ3n) is 2.39. The Hall–Kier alpha value is -1.27. The topological polar surface area (TPSA) is 61.0 Å². The van der Waals surface area contributed by atoms with Crippen molar-refractivity contribution in [1.82, 2.24) is 15.1 Å². The van der Waals surface area contributed by atoms with E-state index in [1.54, 1.807) is 5.51 Å². The summed E-state index contributed by atoms with van der Waals surface area (Å²) < 4.78 is 10.4. The summed E-state index contributed by atoms with van der Waals surface area (Å²) in [5, 5.41) is 5.84. The van der Waals surface area contributed by atoms with E-state index in [0.717, 1.165) is 24.5 Å². The average molecular weight is 223 g/mol. The molecule has 1 saturated heterocycles. The molecule has 78 valence electrons. The van der Waals surface area contributed by atoms with E-state index in [1.165, 1.54) is 11.3 Å². The Bertz CT molecular complexity index is 434. The lowest BCUT2D eigenvalue weighted by molar-refractivity contribution is 0.192. The lowest BCUT2D eigenvalue weighted by atomic mass is 10.1. The molecule has 5 nitrogen and oxygen atoms in total. The van der Waals surface area contributed by atoms with Gasteiger partial charge in [-0.25, -0.2) is 4.98 Å². The molecule has 0 aliphatic carbocycles. The maximum Gasteiger partial charge on any atom is 0.277 e. The Labute approximate surface area is 90.1 Å². The molecule has 15 heavy (non-hydrogen) atoms. The van der Waals surface area contributed by atoms with Crippen LogP contribution in [0, 0.1) is 0 Å². The fraction of sp³-hybridized carbons (Fsp3) is 0.444. The van der Waals surface area contributed by atoms with Crippen LogP contribution in [0.5, 0.6) is 0 Å². The van der Waals surface area contributed by atoms with Gasteiger partial charge in [-0.05, 0) is 6.42 Å². The minimum Gasteiger partial charge on any atom is -0.381 e. The third kappa shape index (κ3) is 1.66. The van der Waals surface area contributed by atoms with Crippen LogP contribution in [0.25, 0.3) is 11.6 Å². The highest BCUT2D eigenvalue weighted by Gasteiger charge is 2.23. The smallest absolute Gasteiger partial charge is 0.277 e. The van der Waals surface area contributed by atoms with E-state index < -0.39 is 0 Å². The van der Waals surface area contributed by atoms with E-state index in [0.29, 0.717) is 12.5 Å². The van der Waals surface area contributed by atoms with Crippen LogP contribution in [-0.2, 0) is 4.74 Å². The van der Waals surface area contributed by atoms with Crippen LogP contribution < -0.4 is 0 Å². The standard InChI is InChI=1S/C9H9N3O2S/c1-2-13-3-6(1)8-11-9(14-12-8)7-4-15-5-10-7/h4-6H,1-3H2/t6-/m1/s1. The van der Waals surface area contributed by atoms with Gasteiger partial charge in [0.1, 0.15) is 5.69 Å². The van der Waals surface area contributed by atoms with Crippen molar-refractivity contribution >= 4 is 11.3 Å². The molecule has 1 atom stereocenters. The molecule has 1 fully saturated rings. The summed E-state index contributed by atoms with van der Waals surface area (Å²) >= 11 is 1.51. The molecule has 0 spiro atoms. The maximum atomic E-state index is 5.28. The second kappa shape index (κ2) is 3.71. The Morgan fingerprint density at radius 2 is 2.47 bits per heavy atom. The van der Waals surface area contributed by atoms with Gasteiger partial charge in [0.05, 0.1) is 12.1 Å². The van der Waals surface area contributed by atoms with E-state index >= 15 is 0 Å². The van der Waals surface area contributed by atoms with Crippen LogP contribution in [0.15, 0.2) is 15.4 Å². The van der Waals surface area contributed by atoms with E-state index in [9.17, 15) is 0 Å². The van der Waals surface area contributed by atoms with Crippen molar-refractivity contribution in [1.29, 1.82) is 0 Å². The maximum absolute atomic E-state index is 5.28. The summed E-state index contributed by atoms with van der Waals surface area (Å²) in [6.07, 6.45) is 0.968. The molecular weight excluding hydrogens is 214 g/mol. The van der Waals surface area contributed by atoms with E-state index in [1.807, 2.05) is 5.38 Å². The molecule has 6 heteroatoms. The number of ether oxygens (including phenoxy) is 1.